The first-order valence-corrected chi connectivity index (χ1v) is 12.5. The van der Waals surface area contributed by atoms with Crippen LogP contribution in [0.1, 0.15) is 57.7 Å². The predicted octanol–water partition coefficient (Wildman–Crippen LogP) is 5.14. The highest BCUT2D eigenvalue weighted by atomic mass is 19.1. The van der Waals surface area contributed by atoms with Gasteiger partial charge in [0, 0.05) is 39.1 Å². The fourth-order valence-corrected chi connectivity index (χ4v) is 4.40. The fourth-order valence-electron chi connectivity index (χ4n) is 4.40. The van der Waals surface area contributed by atoms with E-state index in [-0.39, 0.29) is 29.5 Å². The van der Waals surface area contributed by atoms with Crippen molar-refractivity contribution in [3.05, 3.63) is 71.3 Å². The van der Waals surface area contributed by atoms with Gasteiger partial charge >= 0.3 is 6.09 Å². The topological polar surface area (TPSA) is 61.9 Å². The van der Waals surface area contributed by atoms with Gasteiger partial charge in [-0.25, -0.2) is 13.6 Å². The molecule has 0 saturated carbocycles. The molecule has 0 unspecified atom stereocenters. The van der Waals surface area contributed by atoms with Crippen LogP contribution in [0.25, 0.3) is 0 Å². The van der Waals surface area contributed by atoms with Gasteiger partial charge in [-0.1, -0.05) is 31.2 Å². The summed E-state index contributed by atoms with van der Waals surface area (Å²) in [5, 5.41) is 2.74. The van der Waals surface area contributed by atoms with Crippen molar-refractivity contribution in [1.82, 2.24) is 15.1 Å². The Morgan fingerprint density at radius 2 is 1.42 bits per heavy atom. The van der Waals surface area contributed by atoms with E-state index in [2.05, 4.69) is 10.2 Å². The Labute approximate surface area is 212 Å². The molecule has 36 heavy (non-hydrogen) atoms. The largest absolute Gasteiger partial charge is 0.444 e. The average molecular weight is 502 g/mol. The molecule has 2 aromatic rings. The number of hydrogen-bond donors (Lipinski definition) is 1. The van der Waals surface area contributed by atoms with Gasteiger partial charge in [-0.2, -0.15) is 0 Å². The highest BCUT2D eigenvalue weighted by molar-refractivity contribution is 5.76. The lowest BCUT2D eigenvalue weighted by Gasteiger charge is -2.40. The van der Waals surface area contributed by atoms with Gasteiger partial charge < -0.3 is 15.0 Å². The Morgan fingerprint density at radius 1 is 0.917 bits per heavy atom. The number of alkyl carbamates (subject to hydrolysis) is 1. The first-order valence-electron chi connectivity index (χ1n) is 12.5. The summed E-state index contributed by atoms with van der Waals surface area (Å²) in [6.07, 6.45) is 0.645. The van der Waals surface area contributed by atoms with Crippen molar-refractivity contribution >= 4 is 12.0 Å². The predicted molar refractivity (Wildman–Crippen MR) is 135 cm³/mol. The summed E-state index contributed by atoms with van der Waals surface area (Å²) in [6.45, 7) is 10.4. The molecule has 0 radical (unpaired) electrons. The van der Waals surface area contributed by atoms with Crippen LogP contribution in [0.3, 0.4) is 0 Å². The summed E-state index contributed by atoms with van der Waals surface area (Å²) < 4.78 is 32.3. The first kappa shape index (κ1) is 27.6. The number of hydrogen-bond acceptors (Lipinski definition) is 4. The molecule has 3 rings (SSSR count). The summed E-state index contributed by atoms with van der Waals surface area (Å²) >= 11 is 0. The van der Waals surface area contributed by atoms with Gasteiger partial charge in [0.1, 0.15) is 17.2 Å². The second-order valence-corrected chi connectivity index (χ2v) is 10.4. The number of piperazine rings is 1. The van der Waals surface area contributed by atoms with E-state index < -0.39 is 11.7 Å². The van der Waals surface area contributed by atoms with Gasteiger partial charge in [0.15, 0.2) is 0 Å². The molecule has 196 valence electrons. The Balaban J connectivity index is 1.53. The molecule has 8 heteroatoms. The van der Waals surface area contributed by atoms with Crippen molar-refractivity contribution < 1.29 is 23.1 Å². The normalized spacial score (nSPS) is 15.6. The zero-order valence-corrected chi connectivity index (χ0v) is 21.6. The lowest BCUT2D eigenvalue weighted by molar-refractivity contribution is -0.134. The van der Waals surface area contributed by atoms with E-state index in [4.69, 9.17) is 4.74 Å². The second kappa shape index (κ2) is 12.3. The van der Waals surface area contributed by atoms with Crippen LogP contribution in [-0.2, 0) is 9.53 Å². The van der Waals surface area contributed by atoms with Crippen LogP contribution < -0.4 is 5.32 Å². The van der Waals surface area contributed by atoms with E-state index in [0.29, 0.717) is 45.6 Å². The van der Waals surface area contributed by atoms with Crippen LogP contribution in [0.2, 0.25) is 0 Å². The maximum Gasteiger partial charge on any atom is 0.407 e. The minimum Gasteiger partial charge on any atom is -0.444 e. The van der Waals surface area contributed by atoms with Gasteiger partial charge in [0.25, 0.3) is 0 Å². The average Bonchev–Trinajstić information content (AvgIpc) is 2.81. The smallest absolute Gasteiger partial charge is 0.407 e. The monoisotopic (exact) mass is 501 g/mol. The molecule has 1 heterocycles. The molecule has 0 aromatic heterocycles. The zero-order valence-electron chi connectivity index (χ0n) is 21.6. The first-order chi connectivity index (χ1) is 17.0. The highest BCUT2D eigenvalue weighted by Gasteiger charge is 2.29. The van der Waals surface area contributed by atoms with Crippen molar-refractivity contribution in [3.63, 3.8) is 0 Å². The molecule has 0 aliphatic carbocycles. The third kappa shape index (κ3) is 8.29. The number of amides is 2. The second-order valence-electron chi connectivity index (χ2n) is 10.4. The number of benzene rings is 2. The fraction of sp³-hybridized carbons (Fsp3) is 0.500. The van der Waals surface area contributed by atoms with Crippen LogP contribution >= 0.6 is 0 Å². The quantitative estimate of drug-likeness (QED) is 0.544. The lowest BCUT2D eigenvalue weighted by Crippen LogP contribution is -2.50. The number of halogens is 2. The maximum absolute atomic E-state index is 13.5. The van der Waals surface area contributed by atoms with Crippen molar-refractivity contribution in [2.24, 2.45) is 5.92 Å². The molecule has 1 saturated heterocycles. The van der Waals surface area contributed by atoms with Crippen LogP contribution in [-0.4, -0.2) is 60.1 Å². The summed E-state index contributed by atoms with van der Waals surface area (Å²) in [6, 6.07) is 12.6. The van der Waals surface area contributed by atoms with Crippen LogP contribution in [0.5, 0.6) is 0 Å². The molecule has 0 bridgehead atoms. The zero-order chi connectivity index (χ0) is 26.3. The van der Waals surface area contributed by atoms with Crippen molar-refractivity contribution in [2.45, 2.75) is 52.2 Å². The Kier molecular flexibility index (Phi) is 9.43. The Bertz CT molecular complexity index is 953. The van der Waals surface area contributed by atoms with E-state index in [9.17, 15) is 18.4 Å². The molecule has 2 amide bonds. The molecule has 1 atom stereocenters. The van der Waals surface area contributed by atoms with E-state index in [1.807, 2.05) is 32.6 Å². The third-order valence-electron chi connectivity index (χ3n) is 6.23. The Morgan fingerprint density at radius 3 is 1.89 bits per heavy atom. The number of rotatable bonds is 8. The van der Waals surface area contributed by atoms with E-state index in [0.717, 1.165) is 11.1 Å². The third-order valence-corrected chi connectivity index (χ3v) is 6.23. The van der Waals surface area contributed by atoms with Gasteiger partial charge in [0.05, 0.1) is 6.04 Å². The summed E-state index contributed by atoms with van der Waals surface area (Å²) in [7, 11) is 0. The number of ether oxygens (including phenoxy) is 1. The molecule has 1 N–H and O–H groups in total. The molecule has 6 nitrogen and oxygen atoms in total. The van der Waals surface area contributed by atoms with Crippen LogP contribution in [0.4, 0.5) is 13.6 Å². The Hall–Kier alpha value is -3.00. The van der Waals surface area contributed by atoms with E-state index in [1.54, 1.807) is 24.3 Å². The van der Waals surface area contributed by atoms with Gasteiger partial charge in [-0.3, -0.25) is 9.69 Å². The molecule has 2 aromatic carbocycles. The van der Waals surface area contributed by atoms with Gasteiger partial charge in [-0.15, -0.1) is 0 Å². The number of nitrogens with one attached hydrogen (secondary N) is 1. The minimum atomic E-state index is -0.541. The molecule has 0 spiro atoms. The molecule has 1 aliphatic heterocycles. The molecular formula is C28H37F2N3O3. The number of carbonyl (C=O) groups excluding carboxylic acids is 2. The summed E-state index contributed by atoms with van der Waals surface area (Å²) in [5.41, 5.74) is 1.31. The summed E-state index contributed by atoms with van der Waals surface area (Å²) in [4.78, 5) is 28.8. The van der Waals surface area contributed by atoms with Crippen molar-refractivity contribution in [2.75, 3.05) is 32.7 Å². The standard InChI is InChI=1S/C28H37F2N3O3/c1-20(13-14-31-27(35)36-28(2,3)4)19-25(34)32-15-17-33(18-16-32)26(21-5-9-23(29)10-6-21)22-7-11-24(30)12-8-22/h5-12,20,26H,13-19H2,1-4H3,(H,31,35)/t20-/m0/s1. The minimum absolute atomic E-state index is 0.0968. The van der Waals surface area contributed by atoms with Crippen molar-refractivity contribution in [3.8, 4) is 0 Å². The maximum atomic E-state index is 13.5. The van der Waals surface area contributed by atoms with Crippen LogP contribution in [0, 0.1) is 17.6 Å². The van der Waals surface area contributed by atoms with E-state index in [1.165, 1.54) is 24.3 Å². The molecular weight excluding hydrogens is 464 g/mol. The lowest BCUT2D eigenvalue weighted by atomic mass is 9.96. The highest BCUT2D eigenvalue weighted by Crippen LogP contribution is 2.30. The van der Waals surface area contributed by atoms with Crippen molar-refractivity contribution in [1.29, 1.82) is 0 Å². The van der Waals surface area contributed by atoms with E-state index >= 15 is 0 Å². The summed E-state index contributed by atoms with van der Waals surface area (Å²) in [5.74, 6) is -0.388. The number of nitrogens with zero attached hydrogens (tertiary/aromatic N) is 2. The van der Waals surface area contributed by atoms with Crippen LogP contribution in [0.15, 0.2) is 48.5 Å². The number of carbonyl (C=O) groups is 2. The SMILES string of the molecule is C[C@@H](CCNC(=O)OC(C)(C)C)CC(=O)N1CCN(C(c2ccc(F)cc2)c2ccc(F)cc2)CC1. The molecule has 1 fully saturated rings. The van der Waals surface area contributed by atoms with Gasteiger partial charge in [-0.05, 0) is 68.5 Å². The van der Waals surface area contributed by atoms with Gasteiger partial charge in [0.2, 0.25) is 5.91 Å². The molecule has 1 aliphatic rings.